The largest absolute Gasteiger partial charge is 0.305 e. The van der Waals surface area contributed by atoms with Gasteiger partial charge in [0.2, 0.25) is 0 Å². The topological polar surface area (TPSA) is 12.0 Å². The average molecular weight is 245 g/mol. The molecule has 17 heavy (non-hydrogen) atoms. The number of aryl methyl sites for hydroxylation is 2. The van der Waals surface area contributed by atoms with Crippen LogP contribution in [0, 0.1) is 13.8 Å². The van der Waals surface area contributed by atoms with Gasteiger partial charge < -0.3 is 5.32 Å². The number of hydrogen-bond donors (Lipinski definition) is 1. The molecule has 2 heteroatoms. The highest BCUT2D eigenvalue weighted by molar-refractivity contribution is 7.12. The maximum Gasteiger partial charge on any atom is 0.0388 e. The SMILES string of the molecule is Cc1ccc(C(C)NCc2ccccc2C)s1. The van der Waals surface area contributed by atoms with E-state index in [1.807, 2.05) is 11.3 Å². The molecular weight excluding hydrogens is 226 g/mol. The zero-order valence-electron chi connectivity index (χ0n) is 10.7. The minimum Gasteiger partial charge on any atom is -0.305 e. The fourth-order valence-corrected chi connectivity index (χ4v) is 2.76. The van der Waals surface area contributed by atoms with Crippen molar-refractivity contribution in [3.8, 4) is 0 Å². The molecule has 0 aliphatic carbocycles. The van der Waals surface area contributed by atoms with Gasteiger partial charge >= 0.3 is 0 Å². The molecule has 1 atom stereocenters. The third-order valence-electron chi connectivity index (χ3n) is 3.05. The van der Waals surface area contributed by atoms with Crippen LogP contribution in [-0.2, 0) is 6.54 Å². The molecule has 0 amide bonds. The Morgan fingerprint density at radius 3 is 2.53 bits per heavy atom. The van der Waals surface area contributed by atoms with Crippen molar-refractivity contribution in [2.75, 3.05) is 0 Å². The van der Waals surface area contributed by atoms with Crippen molar-refractivity contribution < 1.29 is 0 Å². The minimum absolute atomic E-state index is 0.424. The highest BCUT2D eigenvalue weighted by atomic mass is 32.1. The van der Waals surface area contributed by atoms with E-state index in [-0.39, 0.29) is 0 Å². The summed E-state index contributed by atoms with van der Waals surface area (Å²) in [7, 11) is 0. The molecule has 2 aromatic rings. The van der Waals surface area contributed by atoms with E-state index in [9.17, 15) is 0 Å². The van der Waals surface area contributed by atoms with E-state index >= 15 is 0 Å². The molecule has 0 aliphatic rings. The summed E-state index contributed by atoms with van der Waals surface area (Å²) in [4.78, 5) is 2.79. The van der Waals surface area contributed by atoms with Gasteiger partial charge in [-0.3, -0.25) is 0 Å². The summed E-state index contributed by atoms with van der Waals surface area (Å²) in [5.74, 6) is 0. The molecule has 0 saturated heterocycles. The van der Waals surface area contributed by atoms with E-state index in [0.717, 1.165) is 6.54 Å². The lowest BCUT2D eigenvalue weighted by atomic mass is 10.1. The highest BCUT2D eigenvalue weighted by Crippen LogP contribution is 2.22. The zero-order valence-corrected chi connectivity index (χ0v) is 11.5. The van der Waals surface area contributed by atoms with Gasteiger partial charge in [0, 0.05) is 22.3 Å². The zero-order chi connectivity index (χ0) is 12.3. The first-order valence-electron chi connectivity index (χ1n) is 6.01. The molecule has 1 nitrogen and oxygen atoms in total. The first-order valence-corrected chi connectivity index (χ1v) is 6.82. The summed E-state index contributed by atoms with van der Waals surface area (Å²) < 4.78 is 0. The average Bonchev–Trinajstić information content (AvgIpc) is 2.74. The second kappa shape index (κ2) is 5.48. The lowest BCUT2D eigenvalue weighted by molar-refractivity contribution is 0.581. The van der Waals surface area contributed by atoms with Gasteiger partial charge in [0.05, 0.1) is 0 Å². The second-order valence-corrected chi connectivity index (χ2v) is 5.80. The Morgan fingerprint density at radius 1 is 1.12 bits per heavy atom. The van der Waals surface area contributed by atoms with Gasteiger partial charge in [0.25, 0.3) is 0 Å². The van der Waals surface area contributed by atoms with Gasteiger partial charge in [-0.05, 0) is 44.0 Å². The standard InChI is InChI=1S/C15H19NS/c1-11-6-4-5-7-14(11)10-16-13(3)15-9-8-12(2)17-15/h4-9,13,16H,10H2,1-3H3. The molecule has 0 saturated carbocycles. The quantitative estimate of drug-likeness (QED) is 0.850. The Kier molecular flexibility index (Phi) is 3.97. The maximum atomic E-state index is 3.58. The van der Waals surface area contributed by atoms with Crippen LogP contribution in [-0.4, -0.2) is 0 Å². The molecule has 1 unspecified atom stereocenters. The predicted molar refractivity (Wildman–Crippen MR) is 75.5 cm³/mol. The van der Waals surface area contributed by atoms with Gasteiger partial charge in [-0.2, -0.15) is 0 Å². The number of thiophene rings is 1. The molecular formula is C15H19NS. The van der Waals surface area contributed by atoms with Crippen LogP contribution in [0.4, 0.5) is 0 Å². The molecule has 0 bridgehead atoms. The van der Waals surface area contributed by atoms with Crippen molar-refractivity contribution in [2.45, 2.75) is 33.4 Å². The fraction of sp³-hybridized carbons (Fsp3) is 0.333. The first-order chi connectivity index (χ1) is 8.16. The molecule has 1 aromatic heterocycles. The molecule has 0 spiro atoms. The lowest BCUT2D eigenvalue weighted by Gasteiger charge is -2.13. The lowest BCUT2D eigenvalue weighted by Crippen LogP contribution is -2.17. The van der Waals surface area contributed by atoms with Crippen LogP contribution in [0.3, 0.4) is 0 Å². The number of hydrogen-bond acceptors (Lipinski definition) is 2. The summed E-state index contributed by atoms with van der Waals surface area (Å²) in [5.41, 5.74) is 2.74. The highest BCUT2D eigenvalue weighted by Gasteiger charge is 2.07. The van der Waals surface area contributed by atoms with Crippen LogP contribution in [0.15, 0.2) is 36.4 Å². The van der Waals surface area contributed by atoms with E-state index in [2.05, 4.69) is 62.5 Å². The number of nitrogens with one attached hydrogen (secondary N) is 1. The van der Waals surface area contributed by atoms with Crippen molar-refractivity contribution in [3.05, 3.63) is 57.3 Å². The molecule has 1 heterocycles. The van der Waals surface area contributed by atoms with E-state index in [1.54, 1.807) is 0 Å². The van der Waals surface area contributed by atoms with Crippen molar-refractivity contribution in [1.82, 2.24) is 5.32 Å². The fourth-order valence-electron chi connectivity index (χ4n) is 1.86. The van der Waals surface area contributed by atoms with Crippen molar-refractivity contribution >= 4 is 11.3 Å². The third kappa shape index (κ3) is 3.18. The molecule has 0 aliphatic heterocycles. The number of benzene rings is 1. The Bertz CT molecular complexity index is 487. The van der Waals surface area contributed by atoms with Gasteiger partial charge in [0.15, 0.2) is 0 Å². The van der Waals surface area contributed by atoms with Crippen LogP contribution in [0.25, 0.3) is 0 Å². The van der Waals surface area contributed by atoms with Crippen LogP contribution >= 0.6 is 11.3 Å². The summed E-state index contributed by atoms with van der Waals surface area (Å²) in [6, 6.07) is 13.4. The third-order valence-corrected chi connectivity index (χ3v) is 4.23. The Morgan fingerprint density at radius 2 is 1.88 bits per heavy atom. The maximum absolute atomic E-state index is 3.58. The van der Waals surface area contributed by atoms with Crippen LogP contribution in [0.2, 0.25) is 0 Å². The van der Waals surface area contributed by atoms with Gasteiger partial charge in [-0.15, -0.1) is 11.3 Å². The van der Waals surface area contributed by atoms with Gasteiger partial charge in [-0.25, -0.2) is 0 Å². The first kappa shape index (κ1) is 12.3. The summed E-state index contributed by atoms with van der Waals surface area (Å²) in [5, 5.41) is 3.58. The smallest absolute Gasteiger partial charge is 0.0388 e. The van der Waals surface area contributed by atoms with E-state index in [1.165, 1.54) is 20.9 Å². The molecule has 0 radical (unpaired) electrons. The minimum atomic E-state index is 0.424. The van der Waals surface area contributed by atoms with Crippen LogP contribution in [0.1, 0.15) is 33.8 Å². The molecule has 1 aromatic carbocycles. The Hall–Kier alpha value is -1.12. The van der Waals surface area contributed by atoms with Crippen LogP contribution < -0.4 is 5.32 Å². The van der Waals surface area contributed by atoms with E-state index in [0.29, 0.717) is 6.04 Å². The van der Waals surface area contributed by atoms with E-state index < -0.39 is 0 Å². The monoisotopic (exact) mass is 245 g/mol. The van der Waals surface area contributed by atoms with E-state index in [4.69, 9.17) is 0 Å². The summed E-state index contributed by atoms with van der Waals surface area (Å²) in [6.07, 6.45) is 0. The van der Waals surface area contributed by atoms with Crippen molar-refractivity contribution in [1.29, 1.82) is 0 Å². The summed E-state index contributed by atoms with van der Waals surface area (Å²) in [6.45, 7) is 7.48. The molecule has 2 rings (SSSR count). The Labute approximate surface area is 108 Å². The van der Waals surface area contributed by atoms with Gasteiger partial charge in [0.1, 0.15) is 0 Å². The number of rotatable bonds is 4. The molecule has 0 fully saturated rings. The second-order valence-electron chi connectivity index (χ2n) is 4.48. The normalized spacial score (nSPS) is 12.6. The molecule has 1 N–H and O–H groups in total. The van der Waals surface area contributed by atoms with Gasteiger partial charge in [-0.1, -0.05) is 24.3 Å². The predicted octanol–water partition coefficient (Wildman–Crippen LogP) is 4.22. The Balaban J connectivity index is 1.97. The van der Waals surface area contributed by atoms with Crippen molar-refractivity contribution in [2.24, 2.45) is 0 Å². The van der Waals surface area contributed by atoms with Crippen molar-refractivity contribution in [3.63, 3.8) is 0 Å². The molecule has 90 valence electrons. The summed E-state index contributed by atoms with van der Waals surface area (Å²) >= 11 is 1.87. The van der Waals surface area contributed by atoms with Crippen LogP contribution in [0.5, 0.6) is 0 Å².